The highest BCUT2D eigenvalue weighted by molar-refractivity contribution is 5.90. The molecular weight excluding hydrogens is 389 g/mol. The van der Waals surface area contributed by atoms with Crippen LogP contribution < -0.4 is 0 Å². The molecule has 9 heteroatoms. The van der Waals surface area contributed by atoms with Gasteiger partial charge in [0.1, 0.15) is 5.82 Å². The average molecular weight is 411 g/mol. The second kappa shape index (κ2) is 8.66. The van der Waals surface area contributed by atoms with Crippen molar-refractivity contribution in [3.05, 3.63) is 60.2 Å². The highest BCUT2D eigenvalue weighted by Crippen LogP contribution is 2.38. The van der Waals surface area contributed by atoms with E-state index in [2.05, 4.69) is 20.1 Å². The minimum Gasteiger partial charge on any atom is -0.385 e. The van der Waals surface area contributed by atoms with E-state index < -0.39 is 0 Å². The van der Waals surface area contributed by atoms with E-state index in [1.165, 1.54) is 12.1 Å². The van der Waals surface area contributed by atoms with Gasteiger partial charge < -0.3 is 14.2 Å². The topological polar surface area (TPSA) is 94.2 Å². The van der Waals surface area contributed by atoms with E-state index in [0.29, 0.717) is 56.2 Å². The number of likely N-dealkylation sites (tertiary alicyclic amines) is 1. The molecule has 0 unspecified atom stereocenters. The number of hydrogen-bond acceptors (Lipinski definition) is 7. The Balaban J connectivity index is 1.53. The Morgan fingerprint density at radius 2 is 1.90 bits per heavy atom. The quantitative estimate of drug-likeness (QED) is 0.616. The maximum atomic E-state index is 13.2. The number of nitrogens with zero attached hydrogens (tertiary/aromatic N) is 5. The summed E-state index contributed by atoms with van der Waals surface area (Å²) in [6, 6.07) is 7.61. The maximum absolute atomic E-state index is 13.2. The van der Waals surface area contributed by atoms with Crippen molar-refractivity contribution in [2.45, 2.75) is 24.7 Å². The van der Waals surface area contributed by atoms with Crippen molar-refractivity contribution < 1.29 is 18.4 Å². The Hall–Kier alpha value is -3.20. The summed E-state index contributed by atoms with van der Waals surface area (Å²) in [4.78, 5) is 27.1. The fourth-order valence-corrected chi connectivity index (χ4v) is 3.72. The summed E-state index contributed by atoms with van der Waals surface area (Å²) in [6.07, 6.45) is 5.15. The molecule has 0 aliphatic carbocycles. The molecule has 1 amide bonds. The molecule has 3 heterocycles. The van der Waals surface area contributed by atoms with Gasteiger partial charge in [0.15, 0.2) is 5.82 Å². The number of rotatable bonds is 6. The minimum atomic E-state index is -0.369. The van der Waals surface area contributed by atoms with Crippen molar-refractivity contribution in [2.75, 3.05) is 26.8 Å². The highest BCUT2D eigenvalue weighted by atomic mass is 19.1. The van der Waals surface area contributed by atoms with Crippen LogP contribution in [0.1, 0.15) is 35.7 Å². The number of ether oxygens (including phenoxy) is 1. The van der Waals surface area contributed by atoms with E-state index in [0.717, 1.165) is 0 Å². The van der Waals surface area contributed by atoms with Crippen molar-refractivity contribution in [3.8, 4) is 11.5 Å². The molecule has 0 atom stereocenters. The zero-order valence-corrected chi connectivity index (χ0v) is 16.6. The van der Waals surface area contributed by atoms with Gasteiger partial charge in [0.25, 0.3) is 11.8 Å². The van der Waals surface area contributed by atoms with E-state index in [-0.39, 0.29) is 23.0 Å². The first-order valence-corrected chi connectivity index (χ1v) is 9.77. The Bertz CT molecular complexity index is 985. The number of hydrogen-bond donors (Lipinski definition) is 0. The minimum absolute atomic E-state index is 0.184. The zero-order chi connectivity index (χ0) is 21.0. The SMILES string of the molecule is COCCC1(c2noc(-c3ccc(F)cc3)n2)CCN(C(=O)c2ncccn2)CC1. The molecule has 30 heavy (non-hydrogen) atoms. The first-order valence-electron chi connectivity index (χ1n) is 9.77. The largest absolute Gasteiger partial charge is 0.385 e. The van der Waals surface area contributed by atoms with Crippen LogP contribution in [0, 0.1) is 5.82 Å². The lowest BCUT2D eigenvalue weighted by Crippen LogP contribution is -2.46. The van der Waals surface area contributed by atoms with Crippen LogP contribution in [0.2, 0.25) is 0 Å². The van der Waals surface area contributed by atoms with E-state index in [9.17, 15) is 9.18 Å². The van der Waals surface area contributed by atoms with E-state index in [4.69, 9.17) is 9.26 Å². The summed E-state index contributed by atoms with van der Waals surface area (Å²) >= 11 is 0. The van der Waals surface area contributed by atoms with Gasteiger partial charge in [-0.2, -0.15) is 4.98 Å². The second-order valence-electron chi connectivity index (χ2n) is 7.32. The molecule has 1 aliphatic heterocycles. The Morgan fingerprint density at radius 1 is 1.20 bits per heavy atom. The summed E-state index contributed by atoms with van der Waals surface area (Å²) in [5.41, 5.74) is 0.289. The first-order chi connectivity index (χ1) is 14.6. The molecule has 1 fully saturated rings. The number of benzene rings is 1. The van der Waals surface area contributed by atoms with Gasteiger partial charge in [-0.05, 0) is 49.6 Å². The van der Waals surface area contributed by atoms with Gasteiger partial charge in [-0.15, -0.1) is 0 Å². The molecule has 0 saturated carbocycles. The summed E-state index contributed by atoms with van der Waals surface area (Å²) in [7, 11) is 1.65. The molecule has 0 N–H and O–H groups in total. The van der Waals surface area contributed by atoms with Crippen LogP contribution in [0.15, 0.2) is 47.2 Å². The summed E-state index contributed by atoms with van der Waals surface area (Å²) in [6.45, 7) is 1.60. The number of piperidine rings is 1. The normalized spacial score (nSPS) is 15.9. The van der Waals surface area contributed by atoms with Crippen LogP contribution in [-0.2, 0) is 10.2 Å². The summed E-state index contributed by atoms with van der Waals surface area (Å²) < 4.78 is 24.0. The summed E-state index contributed by atoms with van der Waals surface area (Å²) in [5, 5.41) is 4.23. The zero-order valence-electron chi connectivity index (χ0n) is 16.6. The molecule has 1 aromatic carbocycles. The third-order valence-electron chi connectivity index (χ3n) is 5.54. The van der Waals surface area contributed by atoms with Crippen LogP contribution in [-0.4, -0.2) is 57.7 Å². The lowest BCUT2D eigenvalue weighted by Gasteiger charge is -2.39. The predicted octanol–water partition coefficient (Wildman–Crippen LogP) is 2.88. The number of halogens is 1. The molecule has 4 rings (SSSR count). The van der Waals surface area contributed by atoms with Gasteiger partial charge in [0, 0.05) is 50.2 Å². The molecule has 1 saturated heterocycles. The predicted molar refractivity (Wildman–Crippen MR) is 105 cm³/mol. The molecular formula is C21H22FN5O3. The summed E-state index contributed by atoms with van der Waals surface area (Å²) in [5.74, 6) is 0.616. The third kappa shape index (κ3) is 4.06. The van der Waals surface area contributed by atoms with Gasteiger partial charge in [-0.25, -0.2) is 14.4 Å². The molecule has 0 radical (unpaired) electrons. The van der Waals surface area contributed by atoms with Crippen LogP contribution in [0.4, 0.5) is 4.39 Å². The van der Waals surface area contributed by atoms with Crippen molar-refractivity contribution >= 4 is 5.91 Å². The number of carbonyl (C=O) groups excluding carboxylic acids is 1. The van der Waals surface area contributed by atoms with Crippen molar-refractivity contribution in [1.29, 1.82) is 0 Å². The third-order valence-corrected chi connectivity index (χ3v) is 5.54. The van der Waals surface area contributed by atoms with Crippen LogP contribution >= 0.6 is 0 Å². The molecule has 0 spiro atoms. The van der Waals surface area contributed by atoms with Gasteiger partial charge in [0.05, 0.1) is 0 Å². The number of amides is 1. The first kappa shape index (κ1) is 20.1. The molecule has 156 valence electrons. The van der Waals surface area contributed by atoms with E-state index in [1.54, 1.807) is 42.6 Å². The fraction of sp³-hybridized carbons (Fsp3) is 0.381. The lowest BCUT2D eigenvalue weighted by atomic mass is 9.75. The van der Waals surface area contributed by atoms with Crippen molar-refractivity contribution in [3.63, 3.8) is 0 Å². The molecule has 0 bridgehead atoms. The number of aromatic nitrogens is 4. The van der Waals surface area contributed by atoms with E-state index in [1.807, 2.05) is 0 Å². The van der Waals surface area contributed by atoms with Crippen LogP contribution in [0.3, 0.4) is 0 Å². The van der Waals surface area contributed by atoms with Crippen LogP contribution in [0.5, 0.6) is 0 Å². The van der Waals surface area contributed by atoms with Gasteiger partial charge >= 0.3 is 0 Å². The highest BCUT2D eigenvalue weighted by Gasteiger charge is 2.41. The van der Waals surface area contributed by atoms with Crippen molar-refractivity contribution in [1.82, 2.24) is 25.0 Å². The van der Waals surface area contributed by atoms with Crippen LogP contribution in [0.25, 0.3) is 11.5 Å². The second-order valence-corrected chi connectivity index (χ2v) is 7.32. The Morgan fingerprint density at radius 3 is 2.57 bits per heavy atom. The lowest BCUT2D eigenvalue weighted by molar-refractivity contribution is 0.0604. The molecule has 2 aromatic heterocycles. The molecule has 3 aromatic rings. The van der Waals surface area contributed by atoms with E-state index >= 15 is 0 Å². The van der Waals surface area contributed by atoms with Gasteiger partial charge in [-0.3, -0.25) is 4.79 Å². The Labute approximate surface area is 173 Å². The van der Waals surface area contributed by atoms with Crippen molar-refractivity contribution in [2.24, 2.45) is 0 Å². The number of carbonyl (C=O) groups is 1. The Kier molecular flexibility index (Phi) is 5.80. The molecule has 1 aliphatic rings. The molecule has 8 nitrogen and oxygen atoms in total. The van der Waals surface area contributed by atoms with Gasteiger partial charge in [-0.1, -0.05) is 5.16 Å². The van der Waals surface area contributed by atoms with Gasteiger partial charge in [0.2, 0.25) is 5.82 Å². The standard InChI is InChI=1S/C21H22FN5O3/c1-29-14-9-21(20-25-18(30-26-20)15-3-5-16(22)6-4-15)7-12-27(13-8-21)19(28)17-23-10-2-11-24-17/h2-6,10-11H,7-9,12-14H2,1H3. The number of methoxy groups -OCH3 is 1. The maximum Gasteiger partial charge on any atom is 0.291 e. The fourth-order valence-electron chi connectivity index (χ4n) is 3.72. The monoisotopic (exact) mass is 411 g/mol. The smallest absolute Gasteiger partial charge is 0.291 e. The average Bonchev–Trinajstić information content (AvgIpc) is 3.30.